The second-order valence-electron chi connectivity index (χ2n) is 6.49. The molecule has 4 nitrogen and oxygen atoms in total. The highest BCUT2D eigenvalue weighted by Crippen LogP contribution is 2.28. The van der Waals surface area contributed by atoms with E-state index in [4.69, 9.17) is 5.26 Å². The second kappa shape index (κ2) is 6.93. The van der Waals surface area contributed by atoms with Gasteiger partial charge in [-0.3, -0.25) is 4.79 Å². The van der Waals surface area contributed by atoms with Crippen LogP contribution in [0.25, 0.3) is 0 Å². The van der Waals surface area contributed by atoms with E-state index in [1.54, 1.807) is 24.3 Å². The number of nitrogens with zero attached hydrogens (tertiary/aromatic N) is 2. The molecule has 1 amide bonds. The Morgan fingerprint density at radius 1 is 1.32 bits per heavy atom. The fraction of sp³-hybridized carbons (Fsp3) is 0.556. The molecule has 1 N–H and O–H groups in total. The maximum Gasteiger partial charge on any atom is 0.251 e. The fourth-order valence-electron chi connectivity index (χ4n) is 3.70. The summed E-state index contributed by atoms with van der Waals surface area (Å²) >= 11 is 0. The van der Waals surface area contributed by atoms with Crippen molar-refractivity contribution in [2.45, 2.75) is 38.1 Å². The Hall–Kier alpha value is -1.86. The van der Waals surface area contributed by atoms with Crippen LogP contribution in [0.15, 0.2) is 24.3 Å². The minimum absolute atomic E-state index is 0.0728. The third-order valence-corrected chi connectivity index (χ3v) is 4.96. The molecule has 3 rings (SSSR count). The van der Waals surface area contributed by atoms with Gasteiger partial charge in [0.25, 0.3) is 5.91 Å². The van der Waals surface area contributed by atoms with E-state index in [1.165, 1.54) is 38.6 Å². The Morgan fingerprint density at radius 2 is 2.14 bits per heavy atom. The van der Waals surface area contributed by atoms with Crippen LogP contribution in [0.2, 0.25) is 0 Å². The summed E-state index contributed by atoms with van der Waals surface area (Å²) in [7, 11) is 0. The van der Waals surface area contributed by atoms with E-state index in [0.29, 0.717) is 17.0 Å². The molecular weight excluding hydrogens is 274 g/mol. The lowest BCUT2D eigenvalue weighted by Crippen LogP contribution is -2.34. The summed E-state index contributed by atoms with van der Waals surface area (Å²) in [5.41, 5.74) is 1.10. The molecule has 22 heavy (non-hydrogen) atoms. The average molecular weight is 297 g/mol. The molecule has 1 aliphatic carbocycles. The first-order valence-electron chi connectivity index (χ1n) is 8.28. The molecule has 1 aliphatic heterocycles. The van der Waals surface area contributed by atoms with Crippen LogP contribution in [0, 0.1) is 17.2 Å². The number of rotatable bonds is 4. The lowest BCUT2D eigenvalue weighted by atomic mass is 10.1. The van der Waals surface area contributed by atoms with Crippen molar-refractivity contribution < 1.29 is 4.79 Å². The number of hydrogen-bond acceptors (Lipinski definition) is 3. The third-order valence-electron chi connectivity index (χ3n) is 4.96. The number of amides is 1. The van der Waals surface area contributed by atoms with Crippen molar-refractivity contribution in [1.82, 2.24) is 10.2 Å². The van der Waals surface area contributed by atoms with E-state index in [-0.39, 0.29) is 5.91 Å². The molecule has 1 saturated carbocycles. The van der Waals surface area contributed by atoms with Gasteiger partial charge in [-0.05, 0) is 49.9 Å². The Labute approximate surface area is 132 Å². The molecule has 0 unspecified atom stereocenters. The minimum atomic E-state index is -0.0728. The molecule has 4 heteroatoms. The van der Waals surface area contributed by atoms with Crippen molar-refractivity contribution in [2.24, 2.45) is 5.92 Å². The zero-order valence-electron chi connectivity index (χ0n) is 12.9. The molecule has 116 valence electrons. The highest BCUT2D eigenvalue weighted by atomic mass is 16.1. The number of carbonyl (C=O) groups is 1. The van der Waals surface area contributed by atoms with Gasteiger partial charge in [0.2, 0.25) is 0 Å². The zero-order chi connectivity index (χ0) is 15.4. The molecule has 1 atom stereocenters. The molecule has 1 heterocycles. The predicted octanol–water partition coefficient (Wildman–Crippen LogP) is 2.55. The van der Waals surface area contributed by atoms with E-state index < -0.39 is 0 Å². The van der Waals surface area contributed by atoms with Gasteiger partial charge in [-0.1, -0.05) is 18.9 Å². The number of nitrogens with one attached hydrogen (secondary N) is 1. The van der Waals surface area contributed by atoms with Gasteiger partial charge in [-0.25, -0.2) is 0 Å². The van der Waals surface area contributed by atoms with Gasteiger partial charge in [-0.15, -0.1) is 0 Å². The first-order chi connectivity index (χ1) is 10.8. The standard InChI is InChI=1S/C18H23N3O/c19-11-14-4-3-5-16(10-14)18(22)20-12-15-8-9-21(13-15)17-6-1-2-7-17/h3-5,10,15,17H,1-2,6-9,12-13H2,(H,20,22)/t15-/m0/s1. The van der Waals surface area contributed by atoms with Gasteiger partial charge in [-0.2, -0.15) is 5.26 Å². The van der Waals surface area contributed by atoms with E-state index in [0.717, 1.165) is 19.1 Å². The summed E-state index contributed by atoms with van der Waals surface area (Å²) < 4.78 is 0. The van der Waals surface area contributed by atoms with Crippen molar-refractivity contribution in [3.05, 3.63) is 35.4 Å². The Balaban J connectivity index is 1.48. The summed E-state index contributed by atoms with van der Waals surface area (Å²) in [5, 5.41) is 11.9. The highest BCUT2D eigenvalue weighted by molar-refractivity contribution is 5.94. The van der Waals surface area contributed by atoms with E-state index >= 15 is 0 Å². The van der Waals surface area contributed by atoms with Crippen LogP contribution in [0.4, 0.5) is 0 Å². The van der Waals surface area contributed by atoms with E-state index in [1.807, 2.05) is 0 Å². The summed E-state index contributed by atoms with van der Waals surface area (Å²) in [5.74, 6) is 0.486. The van der Waals surface area contributed by atoms with E-state index in [2.05, 4.69) is 16.3 Å². The Kier molecular flexibility index (Phi) is 4.74. The third kappa shape index (κ3) is 3.48. The summed E-state index contributed by atoms with van der Waals surface area (Å²) in [6, 6.07) is 9.73. The summed E-state index contributed by atoms with van der Waals surface area (Å²) in [6.45, 7) is 3.02. The van der Waals surface area contributed by atoms with Crippen LogP contribution < -0.4 is 5.32 Å². The number of benzene rings is 1. The SMILES string of the molecule is N#Cc1cccc(C(=O)NC[C@@H]2CCN(C3CCCC3)C2)c1. The molecule has 1 aromatic carbocycles. The number of hydrogen-bond donors (Lipinski definition) is 1. The maximum atomic E-state index is 12.2. The first-order valence-corrected chi connectivity index (χ1v) is 8.28. The van der Waals surface area contributed by atoms with Crippen LogP contribution in [0.3, 0.4) is 0 Å². The van der Waals surface area contributed by atoms with Gasteiger partial charge in [0.05, 0.1) is 11.6 Å². The topological polar surface area (TPSA) is 56.1 Å². The molecule has 0 aromatic heterocycles. The van der Waals surface area contributed by atoms with Crippen LogP contribution in [0.1, 0.15) is 48.0 Å². The van der Waals surface area contributed by atoms with Crippen molar-refractivity contribution >= 4 is 5.91 Å². The molecule has 1 aromatic rings. The van der Waals surface area contributed by atoms with Crippen molar-refractivity contribution in [2.75, 3.05) is 19.6 Å². The van der Waals surface area contributed by atoms with Gasteiger partial charge in [0.15, 0.2) is 0 Å². The molecule has 1 saturated heterocycles. The minimum Gasteiger partial charge on any atom is -0.352 e. The van der Waals surface area contributed by atoms with Crippen LogP contribution in [0.5, 0.6) is 0 Å². The number of nitriles is 1. The highest BCUT2D eigenvalue weighted by Gasteiger charge is 2.29. The maximum absolute atomic E-state index is 12.2. The normalized spacial score (nSPS) is 22.6. The molecule has 0 spiro atoms. The van der Waals surface area contributed by atoms with Crippen molar-refractivity contribution in [1.29, 1.82) is 5.26 Å². The molecule has 0 radical (unpaired) electrons. The Bertz CT molecular complexity index is 572. The zero-order valence-corrected chi connectivity index (χ0v) is 12.9. The van der Waals surface area contributed by atoms with Crippen LogP contribution >= 0.6 is 0 Å². The van der Waals surface area contributed by atoms with E-state index in [9.17, 15) is 4.79 Å². The van der Waals surface area contributed by atoms with Gasteiger partial charge in [0, 0.05) is 24.7 Å². The fourth-order valence-corrected chi connectivity index (χ4v) is 3.70. The van der Waals surface area contributed by atoms with Gasteiger partial charge < -0.3 is 10.2 Å². The van der Waals surface area contributed by atoms with Crippen molar-refractivity contribution in [3.63, 3.8) is 0 Å². The lowest BCUT2D eigenvalue weighted by molar-refractivity contribution is 0.0947. The predicted molar refractivity (Wildman–Crippen MR) is 85.4 cm³/mol. The summed E-state index contributed by atoms with van der Waals surface area (Å²) in [4.78, 5) is 14.8. The lowest BCUT2D eigenvalue weighted by Gasteiger charge is -2.23. The Morgan fingerprint density at radius 3 is 2.91 bits per heavy atom. The van der Waals surface area contributed by atoms with Gasteiger partial charge >= 0.3 is 0 Å². The second-order valence-corrected chi connectivity index (χ2v) is 6.49. The average Bonchev–Trinajstić information content (AvgIpc) is 3.23. The smallest absolute Gasteiger partial charge is 0.251 e. The largest absolute Gasteiger partial charge is 0.352 e. The van der Waals surface area contributed by atoms with Gasteiger partial charge in [0.1, 0.15) is 0 Å². The quantitative estimate of drug-likeness (QED) is 0.929. The van der Waals surface area contributed by atoms with Crippen LogP contribution in [-0.4, -0.2) is 36.5 Å². The molecule has 0 bridgehead atoms. The molecular formula is C18H23N3O. The van der Waals surface area contributed by atoms with Crippen LogP contribution in [-0.2, 0) is 0 Å². The van der Waals surface area contributed by atoms with Crippen molar-refractivity contribution in [3.8, 4) is 6.07 Å². The molecule has 2 fully saturated rings. The first kappa shape index (κ1) is 15.1. The summed E-state index contributed by atoms with van der Waals surface area (Å²) in [6.07, 6.45) is 6.62. The monoisotopic (exact) mass is 297 g/mol. The number of carbonyl (C=O) groups excluding carboxylic acids is 1. The number of likely N-dealkylation sites (tertiary alicyclic amines) is 1. The molecule has 2 aliphatic rings.